The van der Waals surface area contributed by atoms with Crippen LogP contribution in [0.3, 0.4) is 0 Å². The maximum atomic E-state index is 10.5. The number of hydrogen-bond donors (Lipinski definition) is 1. The van der Waals surface area contributed by atoms with Gasteiger partial charge in [-0.3, -0.25) is 0 Å². The molecule has 82 valence electrons. The first-order valence-corrected chi connectivity index (χ1v) is 5.39. The van der Waals surface area contributed by atoms with E-state index in [4.69, 9.17) is 4.42 Å². The SMILES string of the molecule is O=C([O-])c1ccc(C[NH2+]C2CCCC2)o1. The first-order chi connectivity index (χ1) is 7.25. The fourth-order valence-electron chi connectivity index (χ4n) is 2.07. The van der Waals surface area contributed by atoms with Gasteiger partial charge in [0.2, 0.25) is 0 Å². The van der Waals surface area contributed by atoms with Crippen LogP contribution in [0.25, 0.3) is 0 Å². The van der Waals surface area contributed by atoms with Gasteiger partial charge in [-0.1, -0.05) is 0 Å². The van der Waals surface area contributed by atoms with Gasteiger partial charge in [0.15, 0.2) is 5.76 Å². The van der Waals surface area contributed by atoms with Crippen molar-refractivity contribution in [2.24, 2.45) is 0 Å². The molecule has 4 nitrogen and oxygen atoms in total. The Bertz CT molecular complexity index is 339. The second kappa shape index (κ2) is 4.49. The lowest BCUT2D eigenvalue weighted by Gasteiger charge is -2.06. The van der Waals surface area contributed by atoms with Crippen molar-refractivity contribution >= 4 is 5.97 Å². The van der Waals surface area contributed by atoms with Gasteiger partial charge in [0.1, 0.15) is 18.3 Å². The van der Waals surface area contributed by atoms with E-state index >= 15 is 0 Å². The van der Waals surface area contributed by atoms with E-state index < -0.39 is 5.97 Å². The Hall–Kier alpha value is -1.29. The second-order valence-corrected chi connectivity index (χ2v) is 4.04. The minimum atomic E-state index is -1.25. The number of aromatic carboxylic acids is 1. The lowest BCUT2D eigenvalue weighted by molar-refractivity contribution is -0.704. The summed E-state index contributed by atoms with van der Waals surface area (Å²) in [5, 5.41) is 12.7. The Kier molecular flexibility index (Phi) is 3.06. The first kappa shape index (κ1) is 10.2. The van der Waals surface area contributed by atoms with Crippen molar-refractivity contribution in [1.82, 2.24) is 0 Å². The summed E-state index contributed by atoms with van der Waals surface area (Å²) in [7, 11) is 0. The van der Waals surface area contributed by atoms with Crippen LogP contribution in [0.5, 0.6) is 0 Å². The van der Waals surface area contributed by atoms with Gasteiger partial charge in [-0.2, -0.15) is 0 Å². The van der Waals surface area contributed by atoms with E-state index in [1.807, 2.05) is 0 Å². The molecule has 0 aliphatic heterocycles. The molecule has 4 heteroatoms. The minimum Gasteiger partial charge on any atom is -0.542 e. The van der Waals surface area contributed by atoms with Gasteiger partial charge in [-0.25, -0.2) is 0 Å². The highest BCUT2D eigenvalue weighted by molar-refractivity contribution is 5.82. The number of carboxylic acids is 1. The number of nitrogens with two attached hydrogens (primary N) is 1. The van der Waals surface area contributed by atoms with Gasteiger partial charge in [-0.15, -0.1) is 0 Å². The van der Waals surface area contributed by atoms with Crippen LogP contribution in [0.1, 0.15) is 42.0 Å². The molecule has 1 aliphatic rings. The highest BCUT2D eigenvalue weighted by Crippen LogP contribution is 2.14. The van der Waals surface area contributed by atoms with E-state index in [0.717, 1.165) is 6.54 Å². The molecular formula is C11H15NO3. The number of furan rings is 1. The van der Waals surface area contributed by atoms with Crippen LogP contribution in [0.15, 0.2) is 16.5 Å². The molecule has 1 heterocycles. The molecule has 2 rings (SSSR count). The highest BCUT2D eigenvalue weighted by Gasteiger charge is 2.18. The predicted octanol–water partition coefficient (Wildman–Crippen LogP) is -0.351. The number of carbonyl (C=O) groups excluding carboxylic acids is 1. The molecule has 15 heavy (non-hydrogen) atoms. The van der Waals surface area contributed by atoms with Crippen LogP contribution in [-0.2, 0) is 6.54 Å². The molecule has 1 saturated carbocycles. The third kappa shape index (κ3) is 2.59. The van der Waals surface area contributed by atoms with Crippen LogP contribution in [-0.4, -0.2) is 12.0 Å². The molecular weight excluding hydrogens is 194 g/mol. The lowest BCUT2D eigenvalue weighted by Crippen LogP contribution is -2.87. The summed E-state index contributed by atoms with van der Waals surface area (Å²) in [6.07, 6.45) is 5.13. The number of carbonyl (C=O) groups is 1. The van der Waals surface area contributed by atoms with Gasteiger partial charge < -0.3 is 19.6 Å². The summed E-state index contributed by atoms with van der Waals surface area (Å²) >= 11 is 0. The molecule has 0 radical (unpaired) electrons. The van der Waals surface area contributed by atoms with Crippen molar-refractivity contribution in [2.75, 3.05) is 0 Å². The molecule has 0 bridgehead atoms. The second-order valence-electron chi connectivity index (χ2n) is 4.04. The summed E-state index contributed by atoms with van der Waals surface area (Å²) in [6.45, 7) is 0.720. The molecule has 0 aromatic carbocycles. The van der Waals surface area contributed by atoms with Crippen molar-refractivity contribution in [2.45, 2.75) is 38.3 Å². The van der Waals surface area contributed by atoms with E-state index in [9.17, 15) is 9.90 Å². The molecule has 0 atom stereocenters. The van der Waals surface area contributed by atoms with Crippen LogP contribution in [0.2, 0.25) is 0 Å². The number of rotatable bonds is 4. The van der Waals surface area contributed by atoms with Crippen molar-refractivity contribution in [3.8, 4) is 0 Å². The monoisotopic (exact) mass is 209 g/mol. The van der Waals surface area contributed by atoms with E-state index in [1.54, 1.807) is 6.07 Å². The molecule has 1 aliphatic carbocycles. The summed E-state index contributed by atoms with van der Waals surface area (Å²) in [5.74, 6) is -0.618. The quantitative estimate of drug-likeness (QED) is 0.736. The number of carboxylic acid groups (broad SMARTS) is 1. The van der Waals surface area contributed by atoms with E-state index in [-0.39, 0.29) is 5.76 Å². The van der Waals surface area contributed by atoms with Crippen LogP contribution in [0.4, 0.5) is 0 Å². The maximum absolute atomic E-state index is 10.5. The zero-order valence-corrected chi connectivity index (χ0v) is 8.57. The summed E-state index contributed by atoms with van der Waals surface area (Å²) < 4.78 is 5.11. The number of hydrogen-bond acceptors (Lipinski definition) is 3. The minimum absolute atomic E-state index is 0.0789. The van der Waals surface area contributed by atoms with Crippen molar-refractivity contribution in [1.29, 1.82) is 0 Å². The summed E-state index contributed by atoms with van der Waals surface area (Å²) in [5.41, 5.74) is 0. The molecule has 2 N–H and O–H groups in total. The smallest absolute Gasteiger partial charge is 0.158 e. The fraction of sp³-hybridized carbons (Fsp3) is 0.545. The normalized spacial score (nSPS) is 17.1. The van der Waals surface area contributed by atoms with E-state index in [1.165, 1.54) is 31.7 Å². The predicted molar refractivity (Wildman–Crippen MR) is 50.9 cm³/mol. The topological polar surface area (TPSA) is 69.9 Å². The molecule has 1 fully saturated rings. The molecule has 1 aromatic heterocycles. The maximum Gasteiger partial charge on any atom is 0.158 e. The Labute approximate surface area is 88.3 Å². The fourth-order valence-corrected chi connectivity index (χ4v) is 2.07. The molecule has 0 unspecified atom stereocenters. The highest BCUT2D eigenvalue weighted by atomic mass is 16.4. The third-order valence-electron chi connectivity index (χ3n) is 2.92. The standard InChI is InChI=1S/C11H15NO3/c13-11(14)10-6-5-9(15-10)7-12-8-3-1-2-4-8/h5-6,8,12H,1-4,7H2,(H,13,14). The Morgan fingerprint density at radius 3 is 2.80 bits per heavy atom. The lowest BCUT2D eigenvalue weighted by atomic mass is 10.2. The van der Waals surface area contributed by atoms with E-state index in [2.05, 4.69) is 5.32 Å². The van der Waals surface area contributed by atoms with Crippen LogP contribution in [0, 0.1) is 0 Å². The van der Waals surface area contributed by atoms with Gasteiger partial charge in [0.05, 0.1) is 6.04 Å². The Morgan fingerprint density at radius 1 is 1.47 bits per heavy atom. The van der Waals surface area contributed by atoms with Gasteiger partial charge >= 0.3 is 0 Å². The largest absolute Gasteiger partial charge is 0.542 e. The van der Waals surface area contributed by atoms with Gasteiger partial charge in [-0.05, 0) is 37.8 Å². The zero-order valence-electron chi connectivity index (χ0n) is 8.57. The number of quaternary nitrogens is 1. The Balaban J connectivity index is 1.84. The summed E-state index contributed by atoms with van der Waals surface area (Å²) in [6, 6.07) is 3.84. The summed E-state index contributed by atoms with van der Waals surface area (Å²) in [4.78, 5) is 10.5. The van der Waals surface area contributed by atoms with Crippen LogP contribution < -0.4 is 10.4 Å². The Morgan fingerprint density at radius 2 is 2.20 bits per heavy atom. The van der Waals surface area contributed by atoms with Gasteiger partial charge in [0, 0.05) is 0 Å². The van der Waals surface area contributed by atoms with Crippen LogP contribution >= 0.6 is 0 Å². The average Bonchev–Trinajstić information content (AvgIpc) is 2.86. The molecule has 0 amide bonds. The van der Waals surface area contributed by atoms with Crippen molar-refractivity contribution < 1.29 is 19.6 Å². The van der Waals surface area contributed by atoms with E-state index in [0.29, 0.717) is 11.8 Å². The third-order valence-corrected chi connectivity index (χ3v) is 2.92. The van der Waals surface area contributed by atoms with Crippen molar-refractivity contribution in [3.63, 3.8) is 0 Å². The molecule has 1 aromatic rings. The molecule has 0 spiro atoms. The molecule has 0 saturated heterocycles. The van der Waals surface area contributed by atoms with Gasteiger partial charge in [0.25, 0.3) is 0 Å². The van der Waals surface area contributed by atoms with Crippen molar-refractivity contribution in [3.05, 3.63) is 23.7 Å². The zero-order chi connectivity index (χ0) is 10.7. The first-order valence-electron chi connectivity index (χ1n) is 5.39. The average molecular weight is 209 g/mol.